The Labute approximate surface area is 226 Å². The summed E-state index contributed by atoms with van der Waals surface area (Å²) in [7, 11) is -2.60. The lowest BCUT2D eigenvalue weighted by Gasteiger charge is -2.30. The average molecular weight is 552 g/mol. The first kappa shape index (κ1) is 25.4. The van der Waals surface area contributed by atoms with Crippen molar-refractivity contribution in [3.05, 3.63) is 76.5 Å². The van der Waals surface area contributed by atoms with Gasteiger partial charge in [0.05, 0.1) is 19.1 Å². The lowest BCUT2D eigenvalue weighted by Crippen LogP contribution is -2.48. The van der Waals surface area contributed by atoms with Crippen LogP contribution in [0.25, 0.3) is 0 Å². The SMILES string of the molecule is COC(=O)c1nc2oc1C13c4cc(ccc4O[C@@H]1N(S(C)(=O)=O)c1ccccc13)CC(C)C(=O)N[C@H]2C(C)C. The second-order valence-electron chi connectivity index (χ2n) is 10.7. The molecule has 11 heteroatoms. The van der Waals surface area contributed by atoms with Gasteiger partial charge in [0.1, 0.15) is 17.2 Å². The van der Waals surface area contributed by atoms with Crippen molar-refractivity contribution in [2.45, 2.75) is 44.9 Å². The minimum Gasteiger partial charge on any atom is -0.467 e. The highest BCUT2D eigenvalue weighted by atomic mass is 32.2. The lowest BCUT2D eigenvalue weighted by molar-refractivity contribution is -0.125. The summed E-state index contributed by atoms with van der Waals surface area (Å²) < 4.78 is 45.8. The molecule has 3 aromatic rings. The van der Waals surface area contributed by atoms with Gasteiger partial charge < -0.3 is 19.2 Å². The highest BCUT2D eigenvalue weighted by Crippen LogP contribution is 2.61. The minimum atomic E-state index is -3.85. The monoisotopic (exact) mass is 551 g/mol. The van der Waals surface area contributed by atoms with E-state index in [-0.39, 0.29) is 35.1 Å². The van der Waals surface area contributed by atoms with Crippen molar-refractivity contribution < 1.29 is 31.9 Å². The third-order valence-electron chi connectivity index (χ3n) is 7.82. The predicted molar refractivity (Wildman–Crippen MR) is 141 cm³/mol. The normalized spacial score (nSPS) is 25.2. The van der Waals surface area contributed by atoms with E-state index in [1.54, 1.807) is 18.2 Å². The fraction of sp³-hybridized carbons (Fsp3) is 0.393. The van der Waals surface area contributed by atoms with Gasteiger partial charge in [-0.15, -0.1) is 0 Å². The van der Waals surface area contributed by atoms with Gasteiger partial charge in [0.15, 0.2) is 11.5 Å². The van der Waals surface area contributed by atoms with Crippen LogP contribution in [0.3, 0.4) is 0 Å². The molecular weight excluding hydrogens is 522 g/mol. The van der Waals surface area contributed by atoms with Gasteiger partial charge in [-0.3, -0.25) is 4.79 Å². The lowest BCUT2D eigenvalue weighted by atomic mass is 9.72. The Morgan fingerprint density at radius 1 is 1.21 bits per heavy atom. The molecule has 1 amide bonds. The zero-order valence-electron chi connectivity index (χ0n) is 22.2. The minimum absolute atomic E-state index is 0.100. The first-order chi connectivity index (χ1) is 18.5. The molecule has 0 aliphatic carbocycles. The molecule has 0 saturated heterocycles. The molecule has 3 aliphatic heterocycles. The quantitative estimate of drug-likeness (QED) is 0.491. The number of amides is 1. The van der Waals surface area contributed by atoms with Crippen LogP contribution >= 0.6 is 0 Å². The topological polar surface area (TPSA) is 128 Å². The summed E-state index contributed by atoms with van der Waals surface area (Å²) in [4.78, 5) is 31.0. The van der Waals surface area contributed by atoms with Crippen molar-refractivity contribution in [2.24, 2.45) is 11.8 Å². The molecule has 3 aliphatic rings. The molecule has 10 nitrogen and oxygen atoms in total. The van der Waals surface area contributed by atoms with E-state index >= 15 is 0 Å². The maximum atomic E-state index is 13.3. The van der Waals surface area contributed by atoms with Crippen LogP contribution in [0.1, 0.15) is 65.6 Å². The molecule has 1 N–H and O–H groups in total. The number of esters is 1. The maximum absolute atomic E-state index is 13.3. The molecule has 4 heterocycles. The number of sulfonamides is 1. The number of anilines is 1. The third-order valence-corrected chi connectivity index (χ3v) is 8.92. The van der Waals surface area contributed by atoms with E-state index in [2.05, 4.69) is 10.3 Å². The van der Waals surface area contributed by atoms with Crippen LogP contribution < -0.4 is 14.4 Å². The second kappa shape index (κ2) is 8.57. The van der Waals surface area contributed by atoms with Crippen molar-refractivity contribution in [1.29, 1.82) is 0 Å². The Morgan fingerprint density at radius 3 is 2.64 bits per heavy atom. The molecule has 6 rings (SSSR count). The van der Waals surface area contributed by atoms with E-state index in [0.29, 0.717) is 29.0 Å². The van der Waals surface area contributed by atoms with E-state index in [1.165, 1.54) is 11.4 Å². The Bertz CT molecular complexity index is 1630. The molecule has 1 aromatic heterocycles. The first-order valence-corrected chi connectivity index (χ1v) is 14.6. The summed E-state index contributed by atoms with van der Waals surface area (Å²) in [5, 5.41) is 3.04. The summed E-state index contributed by atoms with van der Waals surface area (Å²) in [5.41, 5.74) is 1.04. The summed E-state index contributed by atoms with van der Waals surface area (Å²) in [5.74, 6) is -0.735. The third kappa shape index (κ3) is 3.52. The van der Waals surface area contributed by atoms with Gasteiger partial charge in [0, 0.05) is 17.0 Å². The van der Waals surface area contributed by atoms with Crippen LogP contribution in [0, 0.1) is 11.8 Å². The number of aromatic nitrogens is 1. The number of hydrogen-bond donors (Lipinski definition) is 1. The van der Waals surface area contributed by atoms with Crippen molar-refractivity contribution in [3.8, 4) is 5.75 Å². The number of oxazole rings is 1. The molecule has 204 valence electrons. The molecule has 0 fully saturated rings. The Kier molecular flexibility index (Phi) is 5.59. The van der Waals surface area contributed by atoms with E-state index in [4.69, 9.17) is 13.9 Å². The Hall–Kier alpha value is -3.86. The number of rotatable bonds is 3. The molecular formula is C28H29N3O7S. The number of para-hydroxylation sites is 1. The van der Waals surface area contributed by atoms with Gasteiger partial charge in [-0.1, -0.05) is 51.1 Å². The summed E-state index contributed by atoms with van der Waals surface area (Å²) in [6, 6.07) is 12.0. The van der Waals surface area contributed by atoms with Crippen LogP contribution in [0.15, 0.2) is 46.9 Å². The maximum Gasteiger partial charge on any atom is 0.360 e. The van der Waals surface area contributed by atoms with Crippen LogP contribution in [0.2, 0.25) is 0 Å². The van der Waals surface area contributed by atoms with Crippen molar-refractivity contribution in [2.75, 3.05) is 17.7 Å². The molecule has 2 aromatic carbocycles. The number of methoxy groups -OCH3 is 1. The van der Waals surface area contributed by atoms with Crippen LogP contribution in [0.4, 0.5) is 5.69 Å². The van der Waals surface area contributed by atoms with Crippen LogP contribution in [0.5, 0.6) is 5.75 Å². The second-order valence-corrected chi connectivity index (χ2v) is 12.6. The Balaban J connectivity index is 1.77. The smallest absolute Gasteiger partial charge is 0.360 e. The number of nitrogens with zero attached hydrogens (tertiary/aromatic N) is 2. The van der Waals surface area contributed by atoms with Crippen LogP contribution in [-0.4, -0.2) is 44.9 Å². The molecule has 0 saturated carbocycles. The molecule has 2 unspecified atom stereocenters. The number of hydrogen-bond acceptors (Lipinski definition) is 8. The number of nitrogens with one attached hydrogen (secondary N) is 1. The van der Waals surface area contributed by atoms with Crippen LogP contribution in [-0.2, 0) is 31.4 Å². The number of fused-ring (bicyclic) bond motifs is 4. The highest BCUT2D eigenvalue weighted by Gasteiger charge is 2.65. The molecule has 1 spiro atoms. The fourth-order valence-electron chi connectivity index (χ4n) is 6.02. The highest BCUT2D eigenvalue weighted by molar-refractivity contribution is 7.92. The zero-order valence-corrected chi connectivity index (χ0v) is 23.0. The van der Waals surface area contributed by atoms with Gasteiger partial charge in [-0.2, -0.15) is 0 Å². The molecule has 39 heavy (non-hydrogen) atoms. The Morgan fingerprint density at radius 2 is 1.95 bits per heavy atom. The number of carbonyl (C=O) groups excluding carboxylic acids is 2. The van der Waals surface area contributed by atoms with Crippen molar-refractivity contribution in [1.82, 2.24) is 10.3 Å². The van der Waals surface area contributed by atoms with Gasteiger partial charge in [0.25, 0.3) is 0 Å². The van der Waals surface area contributed by atoms with E-state index in [0.717, 1.165) is 11.8 Å². The number of benzene rings is 2. The first-order valence-electron chi connectivity index (χ1n) is 12.8. The van der Waals surface area contributed by atoms with Gasteiger partial charge in [-0.25, -0.2) is 22.5 Å². The molecule has 4 atom stereocenters. The number of ether oxygens (including phenoxy) is 2. The molecule has 0 radical (unpaired) electrons. The largest absolute Gasteiger partial charge is 0.467 e. The summed E-state index contributed by atoms with van der Waals surface area (Å²) >= 11 is 0. The fourth-order valence-corrected chi connectivity index (χ4v) is 7.09. The number of carbonyl (C=O) groups is 2. The van der Waals surface area contributed by atoms with E-state index in [9.17, 15) is 18.0 Å². The van der Waals surface area contributed by atoms with Crippen molar-refractivity contribution >= 4 is 27.6 Å². The van der Waals surface area contributed by atoms with E-state index in [1.807, 2.05) is 45.0 Å². The van der Waals surface area contributed by atoms with Gasteiger partial charge in [0.2, 0.25) is 28.0 Å². The average Bonchev–Trinajstić information content (AvgIpc) is 3.53. The zero-order chi connectivity index (χ0) is 27.9. The standard InChI is InChI=1S/C28H29N3O7S/c1-14(2)21-25-30-22(26(33)36-4)23(38-25)28-17-8-6-7-9-19(17)31(39(5,34)35)27(28)37-20-11-10-16(13-18(20)28)12-15(3)24(32)29-21/h6-11,13-15,21,27H,12H2,1-5H3,(H,29,32)/t15?,21-,27-,28?/m0/s1. The summed E-state index contributed by atoms with van der Waals surface area (Å²) in [6.07, 6.45) is 0.444. The van der Waals surface area contributed by atoms with Crippen molar-refractivity contribution in [3.63, 3.8) is 0 Å². The van der Waals surface area contributed by atoms with Gasteiger partial charge >= 0.3 is 5.97 Å². The molecule has 4 bridgehead atoms. The predicted octanol–water partition coefficient (Wildman–Crippen LogP) is 3.30. The summed E-state index contributed by atoms with van der Waals surface area (Å²) in [6.45, 7) is 5.68. The van der Waals surface area contributed by atoms with E-state index < -0.39 is 33.7 Å². The van der Waals surface area contributed by atoms with Gasteiger partial charge in [-0.05, 0) is 30.0 Å².